The van der Waals surface area contributed by atoms with Crippen molar-refractivity contribution in [2.75, 3.05) is 13.2 Å². The smallest absolute Gasteiger partial charge is 0.410 e. The van der Waals surface area contributed by atoms with Crippen LogP contribution < -0.4 is 0 Å². The molecule has 0 bridgehead atoms. The lowest BCUT2D eigenvalue weighted by molar-refractivity contribution is -0.147. The molecule has 1 aliphatic rings. The minimum absolute atomic E-state index is 0.175. The Kier molecular flexibility index (Phi) is 7.34. The zero-order chi connectivity index (χ0) is 19.2. The number of halogens is 2. The maximum Gasteiger partial charge on any atom is 0.410 e. The zero-order valence-corrected chi connectivity index (χ0v) is 15.5. The number of hydrogen-bond acceptors (Lipinski definition) is 4. The van der Waals surface area contributed by atoms with E-state index in [1.165, 1.54) is 4.90 Å². The summed E-state index contributed by atoms with van der Waals surface area (Å²) in [6.45, 7) is 2.95. The molecule has 0 aliphatic carbocycles. The molecule has 7 heteroatoms. The third-order valence-corrected chi connectivity index (χ3v) is 4.03. The summed E-state index contributed by atoms with van der Waals surface area (Å²) in [6, 6.07) is 9.29. The molecule has 0 N–H and O–H groups in total. The lowest BCUT2D eigenvalue weighted by atomic mass is 10.0. The average molecular weight is 371 g/mol. The maximum absolute atomic E-state index is 12.5. The molecule has 1 heterocycles. The van der Waals surface area contributed by atoms with E-state index < -0.39 is 24.3 Å². The van der Waals surface area contributed by atoms with Crippen LogP contribution in [0.1, 0.15) is 39.2 Å². The summed E-state index contributed by atoms with van der Waals surface area (Å²) < 4.78 is 40.5. The molecule has 0 spiro atoms. The van der Waals surface area contributed by atoms with Gasteiger partial charge in [0.05, 0.1) is 31.9 Å². The van der Waals surface area contributed by atoms with Crippen molar-refractivity contribution in [1.29, 1.82) is 0 Å². The summed E-state index contributed by atoms with van der Waals surface area (Å²) in [5.41, 5.74) is 0.378. The third-order valence-electron chi connectivity index (χ3n) is 4.03. The average Bonchev–Trinajstić information content (AvgIpc) is 2.57. The number of hydrogen-bond donors (Lipinski definition) is 0. The maximum atomic E-state index is 12.5. The third kappa shape index (κ3) is 6.88. The van der Waals surface area contributed by atoms with Gasteiger partial charge in [0.2, 0.25) is 0 Å². The van der Waals surface area contributed by atoms with E-state index in [4.69, 9.17) is 9.47 Å². The summed E-state index contributed by atoms with van der Waals surface area (Å²) in [4.78, 5) is 13.9. The van der Waals surface area contributed by atoms with E-state index in [0.717, 1.165) is 5.56 Å². The summed E-state index contributed by atoms with van der Waals surface area (Å²) in [5.74, 6) is 0. The normalized spacial score (nSPS) is 21.1. The van der Waals surface area contributed by atoms with Crippen LogP contribution in [0, 0.1) is 0 Å². The summed E-state index contributed by atoms with van der Waals surface area (Å²) >= 11 is 0. The second-order valence-corrected chi connectivity index (χ2v) is 7.38. The van der Waals surface area contributed by atoms with Gasteiger partial charge >= 0.3 is 12.7 Å². The van der Waals surface area contributed by atoms with Gasteiger partial charge < -0.3 is 19.1 Å². The molecule has 0 unspecified atom stereocenters. The first kappa shape index (κ1) is 20.6. The van der Waals surface area contributed by atoms with Crippen molar-refractivity contribution in [3.8, 4) is 0 Å². The molecule has 0 saturated carbocycles. The Morgan fingerprint density at radius 1 is 1.23 bits per heavy atom. The summed E-state index contributed by atoms with van der Waals surface area (Å²) in [5, 5.41) is 0. The predicted molar refractivity (Wildman–Crippen MR) is 92.9 cm³/mol. The van der Waals surface area contributed by atoms with Crippen molar-refractivity contribution in [3.63, 3.8) is 0 Å². The van der Waals surface area contributed by atoms with Crippen LogP contribution in [0.4, 0.5) is 13.6 Å². The monoisotopic (exact) mass is 371 g/mol. The number of ether oxygens (including phenoxy) is 3. The molecule has 1 aromatic rings. The number of benzene rings is 1. The molecule has 1 amide bonds. The molecule has 1 aliphatic heterocycles. The SMILES string of the molecule is CC(C)(C)OC(=O)N1C[C@@H](OCc2ccccc2)CC[C@H]1COC(F)F. The molecule has 2 rings (SSSR count). The Bertz CT molecular complexity index is 562. The van der Waals surface area contributed by atoms with Crippen molar-refractivity contribution in [1.82, 2.24) is 4.90 Å². The second-order valence-electron chi connectivity index (χ2n) is 7.38. The fraction of sp³-hybridized carbons (Fsp3) is 0.632. The number of alkyl halides is 2. The van der Waals surface area contributed by atoms with Gasteiger partial charge in [-0.2, -0.15) is 8.78 Å². The first-order valence-electron chi connectivity index (χ1n) is 8.79. The lowest BCUT2D eigenvalue weighted by Crippen LogP contribution is -2.52. The minimum Gasteiger partial charge on any atom is -0.444 e. The molecule has 1 fully saturated rings. The summed E-state index contributed by atoms with van der Waals surface area (Å²) in [6.07, 6.45) is 0.480. The van der Waals surface area contributed by atoms with Gasteiger partial charge in [-0.25, -0.2) is 4.79 Å². The van der Waals surface area contributed by atoms with Crippen molar-refractivity contribution in [2.45, 2.75) is 64.6 Å². The Balaban J connectivity index is 1.97. The molecule has 146 valence electrons. The van der Waals surface area contributed by atoms with E-state index in [1.807, 2.05) is 30.3 Å². The van der Waals surface area contributed by atoms with Crippen LogP contribution >= 0.6 is 0 Å². The topological polar surface area (TPSA) is 48.0 Å². The van der Waals surface area contributed by atoms with E-state index in [1.54, 1.807) is 20.8 Å². The Labute approximate surface area is 153 Å². The molecule has 2 atom stereocenters. The molecule has 1 saturated heterocycles. The Morgan fingerprint density at radius 3 is 2.54 bits per heavy atom. The predicted octanol–water partition coefficient (Wildman–Crippen LogP) is 4.21. The molecule has 1 aromatic carbocycles. The van der Waals surface area contributed by atoms with E-state index in [-0.39, 0.29) is 12.7 Å². The van der Waals surface area contributed by atoms with Crippen LogP contribution in [0.25, 0.3) is 0 Å². The Morgan fingerprint density at radius 2 is 1.92 bits per heavy atom. The number of nitrogens with zero attached hydrogens (tertiary/aromatic N) is 1. The van der Waals surface area contributed by atoms with Crippen LogP contribution in [0.5, 0.6) is 0 Å². The number of amides is 1. The van der Waals surface area contributed by atoms with Gasteiger partial charge in [0.25, 0.3) is 0 Å². The first-order chi connectivity index (χ1) is 12.2. The van der Waals surface area contributed by atoms with Gasteiger partial charge in [0.15, 0.2) is 0 Å². The van der Waals surface area contributed by atoms with Gasteiger partial charge in [-0.15, -0.1) is 0 Å². The van der Waals surface area contributed by atoms with Crippen LogP contribution in [0.2, 0.25) is 0 Å². The molecule has 0 radical (unpaired) electrons. The fourth-order valence-corrected chi connectivity index (χ4v) is 2.82. The van der Waals surface area contributed by atoms with E-state index >= 15 is 0 Å². The van der Waals surface area contributed by atoms with Crippen LogP contribution in [0.3, 0.4) is 0 Å². The van der Waals surface area contributed by atoms with E-state index in [0.29, 0.717) is 26.0 Å². The number of likely N-dealkylation sites (tertiary alicyclic amines) is 1. The highest BCUT2D eigenvalue weighted by Crippen LogP contribution is 2.24. The van der Waals surface area contributed by atoms with Crippen LogP contribution in [-0.4, -0.2) is 48.5 Å². The van der Waals surface area contributed by atoms with Crippen LogP contribution in [0.15, 0.2) is 30.3 Å². The molecular formula is C19H27F2NO4. The fourth-order valence-electron chi connectivity index (χ4n) is 2.82. The zero-order valence-electron chi connectivity index (χ0n) is 15.5. The second kappa shape index (κ2) is 9.28. The van der Waals surface area contributed by atoms with E-state index in [9.17, 15) is 13.6 Å². The molecule has 26 heavy (non-hydrogen) atoms. The van der Waals surface area contributed by atoms with Gasteiger partial charge in [0, 0.05) is 0 Å². The minimum atomic E-state index is -2.86. The summed E-state index contributed by atoms with van der Waals surface area (Å²) in [7, 11) is 0. The quantitative estimate of drug-likeness (QED) is 0.752. The van der Waals surface area contributed by atoms with E-state index in [2.05, 4.69) is 4.74 Å². The van der Waals surface area contributed by atoms with Gasteiger partial charge in [-0.1, -0.05) is 30.3 Å². The van der Waals surface area contributed by atoms with Crippen LogP contribution in [-0.2, 0) is 20.8 Å². The van der Waals surface area contributed by atoms with Crippen molar-refractivity contribution < 1.29 is 27.8 Å². The Hall–Kier alpha value is -1.73. The highest BCUT2D eigenvalue weighted by Gasteiger charge is 2.35. The van der Waals surface area contributed by atoms with Crippen molar-refractivity contribution in [2.24, 2.45) is 0 Å². The lowest BCUT2D eigenvalue weighted by Gasteiger charge is -2.39. The first-order valence-corrected chi connectivity index (χ1v) is 8.79. The van der Waals surface area contributed by atoms with Crippen molar-refractivity contribution >= 4 is 6.09 Å². The number of carbonyl (C=O) groups excluding carboxylic acids is 1. The van der Waals surface area contributed by atoms with Gasteiger partial charge in [-0.05, 0) is 39.2 Å². The molecule has 0 aromatic heterocycles. The highest BCUT2D eigenvalue weighted by atomic mass is 19.3. The number of piperidine rings is 1. The highest BCUT2D eigenvalue weighted by molar-refractivity contribution is 5.68. The van der Waals surface area contributed by atoms with Gasteiger partial charge in [0.1, 0.15) is 5.60 Å². The largest absolute Gasteiger partial charge is 0.444 e. The molecule has 5 nitrogen and oxygen atoms in total. The van der Waals surface area contributed by atoms with Gasteiger partial charge in [-0.3, -0.25) is 0 Å². The number of carbonyl (C=O) groups is 1. The van der Waals surface area contributed by atoms with Crippen molar-refractivity contribution in [3.05, 3.63) is 35.9 Å². The molecular weight excluding hydrogens is 344 g/mol. The number of rotatable bonds is 6. The standard InChI is InChI=1S/C19H27F2NO4/c1-19(2,3)26-18(23)22-11-16(10-9-15(22)13-25-17(20)21)24-12-14-7-5-4-6-8-14/h4-8,15-17H,9-13H2,1-3H3/t15-,16-/m0/s1.